The lowest BCUT2D eigenvalue weighted by molar-refractivity contribution is 0.00253. The molecule has 2 aromatic rings. The Hall–Kier alpha value is -2.34. The minimum Gasteiger partial charge on any atom is -0.373 e. The molecule has 1 aliphatic heterocycles. The Morgan fingerprint density at radius 3 is 2.96 bits per heavy atom. The topological polar surface area (TPSA) is 68.2 Å². The van der Waals surface area contributed by atoms with Gasteiger partial charge < -0.3 is 10.1 Å². The molecule has 24 heavy (non-hydrogen) atoms. The molecule has 1 fully saturated rings. The van der Waals surface area contributed by atoms with Crippen molar-refractivity contribution in [3.8, 4) is 0 Å². The van der Waals surface area contributed by atoms with Gasteiger partial charge in [0.25, 0.3) is 0 Å². The highest BCUT2D eigenvalue weighted by molar-refractivity contribution is 5.88. The predicted molar refractivity (Wildman–Crippen MR) is 92.8 cm³/mol. The maximum Gasteiger partial charge on any atom is 0.320 e. The van der Waals surface area contributed by atoms with E-state index in [2.05, 4.69) is 34.8 Å². The monoisotopic (exact) mass is 328 g/mol. The fraction of sp³-hybridized carbons (Fsp3) is 0.444. The summed E-state index contributed by atoms with van der Waals surface area (Å²) in [6.45, 7) is 3.52. The molecular formula is C18H24N4O2. The molecule has 3 rings (SSSR count). The maximum atomic E-state index is 12.3. The van der Waals surface area contributed by atoms with Crippen molar-refractivity contribution >= 4 is 11.8 Å². The van der Waals surface area contributed by atoms with Crippen LogP contribution in [0.5, 0.6) is 0 Å². The van der Waals surface area contributed by atoms with E-state index >= 15 is 0 Å². The largest absolute Gasteiger partial charge is 0.373 e. The van der Waals surface area contributed by atoms with Crippen LogP contribution in [0.1, 0.15) is 37.9 Å². The minimum atomic E-state index is -0.188. The zero-order chi connectivity index (χ0) is 16.8. The van der Waals surface area contributed by atoms with E-state index in [1.54, 1.807) is 10.9 Å². The Labute approximate surface area is 142 Å². The van der Waals surface area contributed by atoms with E-state index in [0.29, 0.717) is 6.61 Å². The molecule has 2 N–H and O–H groups in total. The first-order chi connectivity index (χ1) is 11.8. The van der Waals surface area contributed by atoms with Gasteiger partial charge in [0.1, 0.15) is 5.82 Å². The summed E-state index contributed by atoms with van der Waals surface area (Å²) >= 11 is 0. The molecule has 1 aromatic heterocycles. The summed E-state index contributed by atoms with van der Waals surface area (Å²) in [5.41, 5.74) is 1.16. The standard InChI is InChI=1S/C18H24N4O2/c1-2-11-22-17(8-10-19-22)21-18(23)20-15-9-12-24-16(13-15)14-6-4-3-5-7-14/h3-8,10,15-16H,2,9,11-13H2,1H3,(H2,20,21,23)/t15-,16-/m1/s1. The molecule has 1 aromatic carbocycles. The first-order valence-corrected chi connectivity index (χ1v) is 8.52. The average molecular weight is 328 g/mol. The average Bonchev–Trinajstić information content (AvgIpc) is 3.03. The highest BCUT2D eigenvalue weighted by atomic mass is 16.5. The van der Waals surface area contributed by atoms with Gasteiger partial charge in [-0.2, -0.15) is 5.10 Å². The SMILES string of the molecule is CCCn1nccc1NC(=O)N[C@@H]1CCO[C@@H](c2ccccc2)C1. The van der Waals surface area contributed by atoms with E-state index < -0.39 is 0 Å². The maximum absolute atomic E-state index is 12.3. The highest BCUT2D eigenvalue weighted by Gasteiger charge is 2.25. The van der Waals surface area contributed by atoms with Crippen LogP contribution in [0.4, 0.5) is 10.6 Å². The smallest absolute Gasteiger partial charge is 0.320 e. The van der Waals surface area contributed by atoms with Gasteiger partial charge in [0.2, 0.25) is 0 Å². The molecule has 6 nitrogen and oxygen atoms in total. The van der Waals surface area contributed by atoms with Crippen molar-refractivity contribution in [2.45, 2.75) is 44.9 Å². The third-order valence-electron chi connectivity index (χ3n) is 4.18. The number of carbonyl (C=O) groups excluding carboxylic acids is 1. The Morgan fingerprint density at radius 1 is 1.33 bits per heavy atom. The van der Waals surface area contributed by atoms with E-state index in [4.69, 9.17) is 4.74 Å². The number of aryl methyl sites for hydroxylation is 1. The number of carbonyl (C=O) groups is 1. The third-order valence-corrected chi connectivity index (χ3v) is 4.18. The number of aromatic nitrogens is 2. The summed E-state index contributed by atoms with van der Waals surface area (Å²) in [4.78, 5) is 12.3. The highest BCUT2D eigenvalue weighted by Crippen LogP contribution is 2.27. The summed E-state index contributed by atoms with van der Waals surface area (Å²) in [7, 11) is 0. The zero-order valence-corrected chi connectivity index (χ0v) is 13.9. The lowest BCUT2D eigenvalue weighted by Crippen LogP contribution is -2.42. The molecule has 128 valence electrons. The van der Waals surface area contributed by atoms with Gasteiger partial charge in [0, 0.05) is 25.3 Å². The van der Waals surface area contributed by atoms with Crippen LogP contribution >= 0.6 is 0 Å². The van der Waals surface area contributed by atoms with Crippen LogP contribution < -0.4 is 10.6 Å². The van der Waals surface area contributed by atoms with Crippen molar-refractivity contribution in [3.63, 3.8) is 0 Å². The molecule has 0 aliphatic carbocycles. The van der Waals surface area contributed by atoms with Crippen LogP contribution in [0, 0.1) is 0 Å². The molecule has 0 saturated carbocycles. The Kier molecular flexibility index (Phi) is 5.48. The van der Waals surface area contributed by atoms with Crippen molar-refractivity contribution < 1.29 is 9.53 Å². The van der Waals surface area contributed by atoms with Crippen molar-refractivity contribution in [1.82, 2.24) is 15.1 Å². The summed E-state index contributed by atoms with van der Waals surface area (Å²) in [6, 6.07) is 11.9. The number of hydrogen-bond acceptors (Lipinski definition) is 3. The van der Waals surface area contributed by atoms with E-state index in [1.165, 1.54) is 0 Å². The molecule has 0 bridgehead atoms. The molecule has 0 spiro atoms. The summed E-state index contributed by atoms with van der Waals surface area (Å²) in [5.74, 6) is 0.723. The Morgan fingerprint density at radius 2 is 2.17 bits per heavy atom. The number of nitrogens with zero attached hydrogens (tertiary/aromatic N) is 2. The number of anilines is 1. The molecule has 0 radical (unpaired) electrons. The Bertz CT molecular complexity index is 656. The lowest BCUT2D eigenvalue weighted by atomic mass is 9.97. The van der Waals surface area contributed by atoms with E-state index in [1.807, 2.05) is 24.3 Å². The van der Waals surface area contributed by atoms with Crippen LogP contribution in [-0.2, 0) is 11.3 Å². The second-order valence-corrected chi connectivity index (χ2v) is 6.03. The molecule has 6 heteroatoms. The number of benzene rings is 1. The molecule has 2 heterocycles. The second-order valence-electron chi connectivity index (χ2n) is 6.03. The number of rotatable bonds is 5. The first kappa shape index (κ1) is 16.5. The number of amides is 2. The van der Waals surface area contributed by atoms with Gasteiger partial charge in [-0.1, -0.05) is 37.3 Å². The Balaban J connectivity index is 1.55. The molecule has 1 aliphatic rings. The molecule has 1 saturated heterocycles. The zero-order valence-electron chi connectivity index (χ0n) is 13.9. The van der Waals surface area contributed by atoms with E-state index in [-0.39, 0.29) is 18.2 Å². The van der Waals surface area contributed by atoms with Crippen molar-refractivity contribution in [1.29, 1.82) is 0 Å². The quantitative estimate of drug-likeness (QED) is 0.884. The number of hydrogen-bond donors (Lipinski definition) is 2. The predicted octanol–water partition coefficient (Wildman–Crippen LogP) is 3.33. The number of ether oxygens (including phenoxy) is 1. The van der Waals surface area contributed by atoms with Gasteiger partial charge in [0.05, 0.1) is 12.3 Å². The van der Waals surface area contributed by atoms with Crippen molar-refractivity contribution in [2.75, 3.05) is 11.9 Å². The van der Waals surface area contributed by atoms with Gasteiger partial charge in [-0.15, -0.1) is 0 Å². The fourth-order valence-corrected chi connectivity index (χ4v) is 2.99. The van der Waals surface area contributed by atoms with Crippen molar-refractivity contribution in [2.24, 2.45) is 0 Å². The number of urea groups is 1. The first-order valence-electron chi connectivity index (χ1n) is 8.52. The van der Waals surface area contributed by atoms with Crippen LogP contribution in [0.3, 0.4) is 0 Å². The van der Waals surface area contributed by atoms with Gasteiger partial charge in [-0.25, -0.2) is 9.48 Å². The fourth-order valence-electron chi connectivity index (χ4n) is 2.99. The van der Waals surface area contributed by atoms with Gasteiger partial charge in [-0.05, 0) is 24.8 Å². The van der Waals surface area contributed by atoms with E-state index in [0.717, 1.165) is 37.2 Å². The molecule has 2 atom stereocenters. The van der Waals surface area contributed by atoms with Crippen LogP contribution in [0.15, 0.2) is 42.6 Å². The second kappa shape index (κ2) is 7.97. The molecule has 0 unspecified atom stereocenters. The lowest BCUT2D eigenvalue weighted by Gasteiger charge is -2.30. The van der Waals surface area contributed by atoms with Gasteiger partial charge >= 0.3 is 6.03 Å². The van der Waals surface area contributed by atoms with Crippen LogP contribution in [0.25, 0.3) is 0 Å². The molecule has 2 amide bonds. The minimum absolute atomic E-state index is 0.0378. The summed E-state index contributed by atoms with van der Waals surface area (Å²) < 4.78 is 7.65. The molecular weight excluding hydrogens is 304 g/mol. The third kappa shape index (κ3) is 4.14. The van der Waals surface area contributed by atoms with Crippen LogP contribution in [-0.4, -0.2) is 28.5 Å². The van der Waals surface area contributed by atoms with Crippen LogP contribution in [0.2, 0.25) is 0 Å². The van der Waals surface area contributed by atoms with Gasteiger partial charge in [-0.3, -0.25) is 5.32 Å². The van der Waals surface area contributed by atoms with E-state index in [9.17, 15) is 4.79 Å². The summed E-state index contributed by atoms with van der Waals surface area (Å²) in [6.07, 6.45) is 4.31. The number of nitrogens with one attached hydrogen (secondary N) is 2. The van der Waals surface area contributed by atoms with Gasteiger partial charge in [0.15, 0.2) is 0 Å². The summed E-state index contributed by atoms with van der Waals surface area (Å²) in [5, 5.41) is 10.2. The van der Waals surface area contributed by atoms with Crippen molar-refractivity contribution in [3.05, 3.63) is 48.2 Å². The normalized spacial score (nSPS) is 20.5.